The molecule has 0 heterocycles. The van der Waals surface area contributed by atoms with Gasteiger partial charge in [-0.15, -0.1) is 0 Å². The van der Waals surface area contributed by atoms with Crippen LogP contribution in [-0.4, -0.2) is 23.8 Å². The van der Waals surface area contributed by atoms with Gasteiger partial charge in [-0.2, -0.15) is 0 Å². The molecule has 3 heteroatoms. The number of fused-ring (bicyclic) bond motifs is 6. The van der Waals surface area contributed by atoms with Crippen LogP contribution in [0.5, 0.6) is 0 Å². The number of allylic oxidation sites excluding steroid dienone is 1. The number of hydrogen-bond donors (Lipinski definition) is 1. The van der Waals surface area contributed by atoms with Crippen molar-refractivity contribution in [2.45, 2.75) is 111 Å². The van der Waals surface area contributed by atoms with E-state index in [1.165, 1.54) is 64.2 Å². The molecule has 8 atom stereocenters. The Labute approximate surface area is 196 Å². The molecule has 0 aliphatic heterocycles. The van der Waals surface area contributed by atoms with Crippen LogP contribution in [0.1, 0.15) is 105 Å². The summed E-state index contributed by atoms with van der Waals surface area (Å²) in [5.74, 6) is 5.24. The molecule has 3 saturated carbocycles. The molecule has 0 aromatic rings. The van der Waals surface area contributed by atoms with Gasteiger partial charge in [-0.1, -0.05) is 58.6 Å². The van der Waals surface area contributed by atoms with E-state index < -0.39 is 5.97 Å². The summed E-state index contributed by atoms with van der Waals surface area (Å²) in [6.45, 7) is 9.81. The predicted octanol–water partition coefficient (Wildman–Crippen LogP) is 7.50. The average molecular weight is 445 g/mol. The van der Waals surface area contributed by atoms with Gasteiger partial charge in [0.05, 0.1) is 6.10 Å². The molecule has 0 aromatic heterocycles. The number of carboxylic acids is 1. The van der Waals surface area contributed by atoms with Crippen molar-refractivity contribution >= 4 is 5.97 Å². The maximum absolute atomic E-state index is 11.0. The normalized spacial score (nSPS) is 40.1. The monoisotopic (exact) mass is 444 g/mol. The molecule has 182 valence electrons. The van der Waals surface area contributed by atoms with Crippen molar-refractivity contribution in [3.8, 4) is 0 Å². The number of hydrogen-bond acceptors (Lipinski definition) is 2. The van der Waals surface area contributed by atoms with E-state index in [0.717, 1.165) is 54.3 Å². The summed E-state index contributed by atoms with van der Waals surface area (Å²) >= 11 is 0. The summed E-state index contributed by atoms with van der Waals surface area (Å²) < 4.78 is 5.74. The Morgan fingerprint density at radius 2 is 1.91 bits per heavy atom. The van der Waals surface area contributed by atoms with Crippen molar-refractivity contribution in [2.75, 3.05) is 6.61 Å². The number of rotatable bonds is 8. The van der Waals surface area contributed by atoms with Gasteiger partial charge in [0, 0.05) is 0 Å². The molecule has 3 nitrogen and oxygen atoms in total. The smallest absolute Gasteiger partial charge is 0.329 e. The standard InChI is InChI=1S/C29H48O3/c1-19(2)6-5-7-20(3)26-12-13-27-25-11-8-21-16-22(24(25)14-15-29(26,27)4)9-10-23(17-21)32-18-28(30)31/h8,19-20,22-27H,5-7,9-18H2,1-4H3,(H,30,31)/t20-,22-,23+,24?,25?,26-,27?,29-/m1/s1. The molecular weight excluding hydrogens is 396 g/mol. The molecule has 0 saturated heterocycles. The maximum Gasteiger partial charge on any atom is 0.329 e. The number of carbonyl (C=O) groups is 1. The van der Waals surface area contributed by atoms with Gasteiger partial charge in [0.15, 0.2) is 0 Å². The molecule has 0 amide bonds. The van der Waals surface area contributed by atoms with Gasteiger partial charge < -0.3 is 9.84 Å². The molecule has 32 heavy (non-hydrogen) atoms. The lowest BCUT2D eigenvalue weighted by atomic mass is 9.54. The predicted molar refractivity (Wildman–Crippen MR) is 130 cm³/mol. The fraction of sp³-hybridized carbons (Fsp3) is 0.897. The van der Waals surface area contributed by atoms with E-state index in [1.54, 1.807) is 5.57 Å². The maximum atomic E-state index is 11.0. The zero-order chi connectivity index (χ0) is 22.9. The van der Waals surface area contributed by atoms with Gasteiger partial charge in [0.1, 0.15) is 6.61 Å². The summed E-state index contributed by atoms with van der Waals surface area (Å²) in [5.41, 5.74) is 2.12. The lowest BCUT2D eigenvalue weighted by Crippen LogP contribution is -2.44. The number of aliphatic carboxylic acids is 1. The van der Waals surface area contributed by atoms with Gasteiger partial charge in [0.25, 0.3) is 0 Å². The van der Waals surface area contributed by atoms with Crippen LogP contribution in [0.25, 0.3) is 0 Å². The van der Waals surface area contributed by atoms with Gasteiger partial charge >= 0.3 is 5.97 Å². The third kappa shape index (κ3) is 5.13. The fourth-order valence-corrected chi connectivity index (χ4v) is 8.75. The molecule has 3 fully saturated rings. The molecule has 0 radical (unpaired) electrons. The first kappa shape index (κ1) is 24.3. The molecule has 2 bridgehead atoms. The van der Waals surface area contributed by atoms with Crippen molar-refractivity contribution in [1.82, 2.24) is 0 Å². The first-order valence-corrected chi connectivity index (χ1v) is 13.8. The second kappa shape index (κ2) is 10.2. The Morgan fingerprint density at radius 3 is 2.66 bits per heavy atom. The van der Waals surface area contributed by atoms with Crippen LogP contribution >= 0.6 is 0 Å². The van der Waals surface area contributed by atoms with E-state index in [4.69, 9.17) is 9.84 Å². The third-order valence-corrected chi connectivity index (χ3v) is 10.3. The minimum Gasteiger partial charge on any atom is -0.480 e. The van der Waals surface area contributed by atoms with Crippen LogP contribution in [0.15, 0.2) is 11.6 Å². The number of ether oxygens (including phenoxy) is 1. The largest absolute Gasteiger partial charge is 0.480 e. The van der Waals surface area contributed by atoms with Crippen LogP contribution in [0.4, 0.5) is 0 Å². The molecule has 1 N–H and O–H groups in total. The van der Waals surface area contributed by atoms with Crippen LogP contribution in [0, 0.1) is 46.8 Å². The van der Waals surface area contributed by atoms with E-state index in [2.05, 4.69) is 33.8 Å². The Balaban J connectivity index is 1.43. The highest BCUT2D eigenvalue weighted by molar-refractivity contribution is 5.68. The zero-order valence-corrected chi connectivity index (χ0v) is 21.2. The van der Waals surface area contributed by atoms with E-state index in [-0.39, 0.29) is 12.7 Å². The van der Waals surface area contributed by atoms with Gasteiger partial charge in [0.2, 0.25) is 0 Å². The minimum absolute atomic E-state index is 0.107. The van der Waals surface area contributed by atoms with Gasteiger partial charge in [-0.05, 0) is 105 Å². The third-order valence-electron chi connectivity index (χ3n) is 10.3. The summed E-state index contributed by atoms with van der Waals surface area (Å²) in [7, 11) is 0. The van der Waals surface area contributed by atoms with Crippen LogP contribution < -0.4 is 0 Å². The van der Waals surface area contributed by atoms with Gasteiger partial charge in [-0.25, -0.2) is 4.79 Å². The van der Waals surface area contributed by atoms with Gasteiger partial charge in [-0.3, -0.25) is 0 Å². The average Bonchev–Trinajstić information content (AvgIpc) is 2.87. The zero-order valence-electron chi connectivity index (χ0n) is 21.2. The Morgan fingerprint density at radius 1 is 1.09 bits per heavy atom. The lowest BCUT2D eigenvalue weighted by molar-refractivity contribution is -0.144. The first-order valence-electron chi connectivity index (χ1n) is 13.8. The topological polar surface area (TPSA) is 46.5 Å². The second-order valence-electron chi connectivity index (χ2n) is 12.6. The molecule has 3 unspecified atom stereocenters. The summed E-state index contributed by atoms with van der Waals surface area (Å²) in [6.07, 6.45) is 18.4. The van der Waals surface area contributed by atoms with Crippen molar-refractivity contribution < 1.29 is 14.6 Å². The fourth-order valence-electron chi connectivity index (χ4n) is 8.75. The van der Waals surface area contributed by atoms with Crippen molar-refractivity contribution in [1.29, 1.82) is 0 Å². The quantitative estimate of drug-likeness (QED) is 0.394. The SMILES string of the molecule is CC(C)CCC[C@@H](C)[C@H]1CCC2C3CC=C4C[C@@H](OCC(=O)O)CC[C@H](C4)C3CC[C@@]21C. The number of carboxylic acid groups (broad SMARTS) is 1. The second-order valence-corrected chi connectivity index (χ2v) is 12.6. The molecule has 0 aromatic carbocycles. The van der Waals surface area contributed by atoms with E-state index in [0.29, 0.717) is 5.41 Å². The van der Waals surface area contributed by atoms with Crippen molar-refractivity contribution in [3.05, 3.63) is 11.6 Å². The molecule has 4 aliphatic carbocycles. The molecule has 0 spiro atoms. The Kier molecular flexibility index (Phi) is 7.74. The van der Waals surface area contributed by atoms with Crippen LogP contribution in [0.3, 0.4) is 0 Å². The highest BCUT2D eigenvalue weighted by Gasteiger charge is 2.55. The minimum atomic E-state index is -0.843. The Hall–Kier alpha value is -0.830. The molecule has 4 aliphatic rings. The highest BCUT2D eigenvalue weighted by Crippen LogP contribution is 2.64. The van der Waals surface area contributed by atoms with Crippen molar-refractivity contribution in [2.24, 2.45) is 46.8 Å². The summed E-state index contributed by atoms with van der Waals surface area (Å²) in [6, 6.07) is 0. The van der Waals surface area contributed by atoms with Crippen LogP contribution in [-0.2, 0) is 9.53 Å². The molecule has 4 rings (SSSR count). The van der Waals surface area contributed by atoms with E-state index in [1.807, 2.05) is 0 Å². The van der Waals surface area contributed by atoms with E-state index in [9.17, 15) is 4.79 Å². The summed E-state index contributed by atoms with van der Waals surface area (Å²) in [5, 5.41) is 9.01. The summed E-state index contributed by atoms with van der Waals surface area (Å²) in [4.78, 5) is 11.0. The van der Waals surface area contributed by atoms with E-state index >= 15 is 0 Å². The lowest BCUT2D eigenvalue weighted by Gasteiger charge is -2.51. The first-order chi connectivity index (χ1) is 15.3. The highest BCUT2D eigenvalue weighted by atomic mass is 16.5. The molecular formula is C29H48O3. The van der Waals surface area contributed by atoms with Crippen molar-refractivity contribution in [3.63, 3.8) is 0 Å². The van der Waals surface area contributed by atoms with Crippen LogP contribution in [0.2, 0.25) is 0 Å². The Bertz CT molecular complexity index is 682.